The fraction of sp³-hybridized carbons (Fsp3) is 0.909. The van der Waals surface area contributed by atoms with E-state index in [1.165, 1.54) is 0 Å². The molecule has 1 heterocycles. The van der Waals surface area contributed by atoms with E-state index in [2.05, 4.69) is 0 Å². The molecule has 1 aliphatic heterocycles. The molecular weight excluding hydrogens is 196 g/mol. The summed E-state index contributed by atoms with van der Waals surface area (Å²) in [5.41, 5.74) is -0.852. The van der Waals surface area contributed by atoms with E-state index in [0.29, 0.717) is 19.4 Å². The maximum Gasteiger partial charge on any atom is 0.338 e. The Bertz CT molecular complexity index is 217. The predicted octanol–water partition coefficient (Wildman–Crippen LogP) is 1.12. The van der Waals surface area contributed by atoms with Crippen LogP contribution in [-0.2, 0) is 14.3 Å². The van der Waals surface area contributed by atoms with Crippen molar-refractivity contribution in [3.05, 3.63) is 0 Å². The number of esters is 1. The van der Waals surface area contributed by atoms with Gasteiger partial charge in [-0.2, -0.15) is 0 Å². The zero-order valence-electron chi connectivity index (χ0n) is 9.66. The molecule has 15 heavy (non-hydrogen) atoms. The molecule has 0 radical (unpaired) electrons. The fourth-order valence-corrected chi connectivity index (χ4v) is 1.89. The number of carbonyl (C=O) groups excluding carboxylic acids is 1. The van der Waals surface area contributed by atoms with Crippen LogP contribution >= 0.6 is 0 Å². The summed E-state index contributed by atoms with van der Waals surface area (Å²) in [7, 11) is 0. The molecule has 1 rings (SSSR count). The van der Waals surface area contributed by atoms with Gasteiger partial charge in [-0.3, -0.25) is 0 Å². The van der Waals surface area contributed by atoms with Crippen molar-refractivity contribution >= 4 is 5.97 Å². The Morgan fingerprint density at radius 1 is 1.67 bits per heavy atom. The van der Waals surface area contributed by atoms with Crippen LogP contribution < -0.4 is 0 Å². The van der Waals surface area contributed by atoms with E-state index in [1.807, 2.05) is 13.8 Å². The van der Waals surface area contributed by atoms with Gasteiger partial charge >= 0.3 is 5.97 Å². The number of aliphatic hydroxyl groups excluding tert-OH is 1. The number of ether oxygens (including phenoxy) is 2. The lowest BCUT2D eigenvalue weighted by Gasteiger charge is -2.39. The molecule has 0 amide bonds. The molecule has 1 saturated heterocycles. The number of rotatable bonds is 3. The third kappa shape index (κ3) is 2.49. The van der Waals surface area contributed by atoms with Gasteiger partial charge < -0.3 is 14.6 Å². The molecule has 0 aromatic carbocycles. The van der Waals surface area contributed by atoms with Crippen LogP contribution in [-0.4, -0.2) is 36.0 Å². The van der Waals surface area contributed by atoms with Gasteiger partial charge in [-0.15, -0.1) is 0 Å². The fourth-order valence-electron chi connectivity index (χ4n) is 1.89. The van der Waals surface area contributed by atoms with Crippen LogP contribution in [0.2, 0.25) is 0 Å². The van der Waals surface area contributed by atoms with Gasteiger partial charge in [0.15, 0.2) is 5.60 Å². The minimum atomic E-state index is -0.852. The van der Waals surface area contributed by atoms with E-state index in [1.54, 1.807) is 6.92 Å². The normalized spacial score (nSPS) is 31.7. The molecule has 2 atom stereocenters. The maximum absolute atomic E-state index is 11.8. The number of carbonyl (C=O) groups is 1. The zero-order chi connectivity index (χ0) is 11.5. The van der Waals surface area contributed by atoms with Gasteiger partial charge in [0, 0.05) is 0 Å². The molecular formula is C11H20O4. The second-order valence-electron chi connectivity index (χ2n) is 4.27. The first-order valence-electron chi connectivity index (χ1n) is 5.52. The standard InChI is InChI=1S/C11H20O4/c1-4-14-10(13)11(8(2)3)6-5-9(12)7-15-11/h8-9,12H,4-7H2,1-3H3. The monoisotopic (exact) mass is 216 g/mol. The number of aliphatic hydroxyl groups is 1. The highest BCUT2D eigenvalue weighted by molar-refractivity contribution is 5.80. The second-order valence-corrected chi connectivity index (χ2v) is 4.27. The van der Waals surface area contributed by atoms with Crippen LogP contribution in [0, 0.1) is 5.92 Å². The molecule has 1 fully saturated rings. The summed E-state index contributed by atoms with van der Waals surface area (Å²) in [6, 6.07) is 0. The van der Waals surface area contributed by atoms with Crippen molar-refractivity contribution < 1.29 is 19.4 Å². The Balaban J connectivity index is 2.75. The van der Waals surface area contributed by atoms with Gasteiger partial charge in [0.1, 0.15) is 0 Å². The van der Waals surface area contributed by atoms with Crippen molar-refractivity contribution in [3.63, 3.8) is 0 Å². The van der Waals surface area contributed by atoms with Crippen molar-refractivity contribution in [2.75, 3.05) is 13.2 Å². The quantitative estimate of drug-likeness (QED) is 0.718. The zero-order valence-corrected chi connectivity index (χ0v) is 9.66. The van der Waals surface area contributed by atoms with Gasteiger partial charge in [0.05, 0.1) is 19.3 Å². The maximum atomic E-state index is 11.8. The molecule has 4 heteroatoms. The third-order valence-electron chi connectivity index (χ3n) is 2.94. The molecule has 0 aliphatic carbocycles. The molecule has 0 aromatic rings. The molecule has 0 aromatic heterocycles. The molecule has 4 nitrogen and oxygen atoms in total. The van der Waals surface area contributed by atoms with Gasteiger partial charge in [-0.25, -0.2) is 4.79 Å². The highest BCUT2D eigenvalue weighted by Gasteiger charge is 2.46. The molecule has 2 unspecified atom stereocenters. The van der Waals surface area contributed by atoms with Crippen molar-refractivity contribution in [1.82, 2.24) is 0 Å². The van der Waals surface area contributed by atoms with Crippen molar-refractivity contribution in [2.45, 2.75) is 45.3 Å². The highest BCUT2D eigenvalue weighted by atomic mass is 16.6. The van der Waals surface area contributed by atoms with Crippen molar-refractivity contribution in [3.8, 4) is 0 Å². The first kappa shape index (κ1) is 12.5. The van der Waals surface area contributed by atoms with Gasteiger partial charge in [0.25, 0.3) is 0 Å². The van der Waals surface area contributed by atoms with Crippen molar-refractivity contribution in [1.29, 1.82) is 0 Å². The average Bonchev–Trinajstić information content (AvgIpc) is 2.19. The molecule has 0 saturated carbocycles. The Kier molecular flexibility index (Phi) is 4.11. The van der Waals surface area contributed by atoms with Gasteiger partial charge in [-0.05, 0) is 25.7 Å². The van der Waals surface area contributed by atoms with Crippen LogP contribution in [0.1, 0.15) is 33.6 Å². The summed E-state index contributed by atoms with van der Waals surface area (Å²) in [6.45, 7) is 6.24. The summed E-state index contributed by atoms with van der Waals surface area (Å²) in [5, 5.41) is 9.36. The Hall–Kier alpha value is -0.610. The average molecular weight is 216 g/mol. The number of hydrogen-bond donors (Lipinski definition) is 1. The summed E-state index contributed by atoms with van der Waals surface area (Å²) in [5.74, 6) is -0.240. The van der Waals surface area contributed by atoms with Gasteiger partial charge in [-0.1, -0.05) is 13.8 Å². The van der Waals surface area contributed by atoms with E-state index in [-0.39, 0.29) is 18.5 Å². The van der Waals surface area contributed by atoms with Crippen LogP contribution in [0.4, 0.5) is 0 Å². The van der Waals surface area contributed by atoms with E-state index < -0.39 is 11.7 Å². The number of hydrogen-bond acceptors (Lipinski definition) is 4. The van der Waals surface area contributed by atoms with Crippen LogP contribution in [0.5, 0.6) is 0 Å². The highest BCUT2D eigenvalue weighted by Crippen LogP contribution is 2.33. The van der Waals surface area contributed by atoms with E-state index >= 15 is 0 Å². The van der Waals surface area contributed by atoms with E-state index in [9.17, 15) is 9.90 Å². The summed E-state index contributed by atoms with van der Waals surface area (Å²) < 4.78 is 10.6. The molecule has 0 spiro atoms. The third-order valence-corrected chi connectivity index (χ3v) is 2.94. The smallest absolute Gasteiger partial charge is 0.338 e. The van der Waals surface area contributed by atoms with Crippen LogP contribution in [0.25, 0.3) is 0 Å². The SMILES string of the molecule is CCOC(=O)C1(C(C)C)CCC(O)CO1. The van der Waals surface area contributed by atoms with Gasteiger partial charge in [0.2, 0.25) is 0 Å². The first-order chi connectivity index (χ1) is 7.03. The van der Waals surface area contributed by atoms with Crippen LogP contribution in [0.3, 0.4) is 0 Å². The summed E-state index contributed by atoms with van der Waals surface area (Å²) in [4.78, 5) is 11.8. The molecule has 1 N–H and O–H groups in total. The lowest BCUT2D eigenvalue weighted by Crippen LogP contribution is -2.52. The minimum Gasteiger partial charge on any atom is -0.464 e. The second kappa shape index (κ2) is 4.94. The lowest BCUT2D eigenvalue weighted by molar-refractivity contribution is -0.195. The Morgan fingerprint density at radius 3 is 2.73 bits per heavy atom. The predicted molar refractivity (Wildman–Crippen MR) is 55.4 cm³/mol. The topological polar surface area (TPSA) is 55.8 Å². The lowest BCUT2D eigenvalue weighted by atomic mass is 9.83. The molecule has 88 valence electrons. The largest absolute Gasteiger partial charge is 0.464 e. The summed E-state index contributed by atoms with van der Waals surface area (Å²) in [6.07, 6.45) is 0.674. The van der Waals surface area contributed by atoms with E-state index in [4.69, 9.17) is 9.47 Å². The summed E-state index contributed by atoms with van der Waals surface area (Å²) >= 11 is 0. The first-order valence-corrected chi connectivity index (χ1v) is 5.52. The molecule has 1 aliphatic rings. The Labute approximate surface area is 90.6 Å². The van der Waals surface area contributed by atoms with Crippen LogP contribution in [0.15, 0.2) is 0 Å². The van der Waals surface area contributed by atoms with E-state index in [0.717, 1.165) is 0 Å². The Morgan fingerprint density at radius 2 is 2.33 bits per heavy atom. The van der Waals surface area contributed by atoms with Crippen molar-refractivity contribution in [2.24, 2.45) is 5.92 Å². The minimum absolute atomic E-state index is 0.0593. The molecule has 0 bridgehead atoms.